The molecule has 0 saturated carbocycles. The maximum Gasteiger partial charge on any atom is 0.136 e. The lowest BCUT2D eigenvalue weighted by atomic mass is 10.1. The third-order valence-electron chi connectivity index (χ3n) is 2.07. The van der Waals surface area contributed by atoms with Gasteiger partial charge in [-0.1, -0.05) is 40.9 Å². The molecule has 0 saturated heterocycles. The van der Waals surface area contributed by atoms with E-state index in [9.17, 15) is 4.39 Å². The zero-order chi connectivity index (χ0) is 12.4. The summed E-state index contributed by atoms with van der Waals surface area (Å²) in [6, 6.07) is 5.59. The van der Waals surface area contributed by atoms with Crippen LogP contribution in [0.25, 0.3) is 0 Å². The van der Waals surface area contributed by atoms with Gasteiger partial charge in [-0.15, -0.1) is 0 Å². The Hall–Kier alpha value is -0.900. The van der Waals surface area contributed by atoms with Crippen molar-refractivity contribution in [2.24, 2.45) is 0 Å². The quantitative estimate of drug-likeness (QED) is 0.776. The van der Waals surface area contributed by atoms with Gasteiger partial charge < -0.3 is 0 Å². The second kappa shape index (κ2) is 5.17. The Labute approximate surface area is 112 Å². The van der Waals surface area contributed by atoms with Crippen LogP contribution in [0.5, 0.6) is 0 Å². The van der Waals surface area contributed by atoms with Crippen LogP contribution in [0.3, 0.4) is 0 Å². The molecule has 1 aromatic carbocycles. The van der Waals surface area contributed by atoms with Crippen molar-refractivity contribution < 1.29 is 4.39 Å². The normalized spacial score (nSPS) is 10.6. The third kappa shape index (κ3) is 3.28. The molecule has 6 heteroatoms. The van der Waals surface area contributed by atoms with Gasteiger partial charge in [-0.05, 0) is 17.7 Å². The fraction of sp³-hybridized carbons (Fsp3) is 0.0909. The zero-order valence-corrected chi connectivity index (χ0v) is 10.7. The first-order chi connectivity index (χ1) is 8.04. The van der Waals surface area contributed by atoms with Gasteiger partial charge in [0.2, 0.25) is 0 Å². The minimum absolute atomic E-state index is 0.262. The highest BCUT2D eigenvalue weighted by atomic mass is 35.5. The minimum atomic E-state index is -0.385. The van der Waals surface area contributed by atoms with Crippen LogP contribution in [0, 0.1) is 5.82 Å². The van der Waals surface area contributed by atoms with E-state index in [1.54, 1.807) is 6.07 Å². The number of rotatable bonds is 2. The minimum Gasteiger partial charge on any atom is -0.221 e. The van der Waals surface area contributed by atoms with Crippen LogP contribution in [-0.2, 0) is 6.42 Å². The molecule has 1 heterocycles. The molecule has 1 aromatic heterocycles. The van der Waals surface area contributed by atoms with Crippen LogP contribution in [-0.4, -0.2) is 9.97 Å². The highest BCUT2D eigenvalue weighted by Crippen LogP contribution is 2.20. The van der Waals surface area contributed by atoms with Crippen molar-refractivity contribution in [2.75, 3.05) is 0 Å². The smallest absolute Gasteiger partial charge is 0.136 e. The molecule has 0 atom stereocenters. The van der Waals surface area contributed by atoms with Crippen molar-refractivity contribution in [3.8, 4) is 0 Å². The van der Waals surface area contributed by atoms with Gasteiger partial charge in [0.25, 0.3) is 0 Å². The summed E-state index contributed by atoms with van der Waals surface area (Å²) in [4.78, 5) is 8.02. The molecule has 2 rings (SSSR count). The van der Waals surface area contributed by atoms with Gasteiger partial charge in [-0.25, -0.2) is 14.4 Å². The Kier molecular flexibility index (Phi) is 3.82. The summed E-state index contributed by atoms with van der Waals surface area (Å²) < 4.78 is 12.9. The number of benzene rings is 1. The second-order valence-corrected chi connectivity index (χ2v) is 4.52. The van der Waals surface area contributed by atoms with Crippen molar-refractivity contribution in [1.82, 2.24) is 9.97 Å². The van der Waals surface area contributed by atoms with Crippen LogP contribution in [0.1, 0.15) is 11.4 Å². The van der Waals surface area contributed by atoms with E-state index in [1.807, 2.05) is 0 Å². The summed E-state index contributed by atoms with van der Waals surface area (Å²) >= 11 is 17.4. The molecular weight excluding hydrogens is 285 g/mol. The summed E-state index contributed by atoms with van der Waals surface area (Å²) in [7, 11) is 0. The van der Waals surface area contributed by atoms with E-state index in [0.717, 1.165) is 0 Å². The van der Waals surface area contributed by atoms with Crippen molar-refractivity contribution in [1.29, 1.82) is 0 Å². The lowest BCUT2D eigenvalue weighted by Crippen LogP contribution is -1.98. The molecule has 88 valence electrons. The van der Waals surface area contributed by atoms with E-state index in [1.165, 1.54) is 18.2 Å². The molecule has 0 aliphatic carbocycles. The van der Waals surface area contributed by atoms with E-state index in [-0.39, 0.29) is 16.1 Å². The Balaban J connectivity index is 2.31. The SMILES string of the molecule is Fc1ccc(Cc2nc(Cl)cc(Cl)n2)c(Cl)c1. The van der Waals surface area contributed by atoms with Gasteiger partial charge in [0.05, 0.1) is 0 Å². The predicted molar refractivity (Wildman–Crippen MR) is 66.3 cm³/mol. The molecule has 17 heavy (non-hydrogen) atoms. The van der Waals surface area contributed by atoms with Gasteiger partial charge in [-0.3, -0.25) is 0 Å². The average Bonchev–Trinajstić information content (AvgIpc) is 2.21. The highest BCUT2D eigenvalue weighted by Gasteiger charge is 2.07. The molecule has 0 radical (unpaired) electrons. The van der Waals surface area contributed by atoms with Crippen LogP contribution >= 0.6 is 34.8 Å². The summed E-state index contributed by atoms with van der Waals surface area (Å²) in [6.45, 7) is 0. The summed E-state index contributed by atoms with van der Waals surface area (Å²) in [5.74, 6) is 0.0554. The first-order valence-electron chi connectivity index (χ1n) is 4.67. The molecular formula is C11H6Cl3FN2. The van der Waals surface area contributed by atoms with Crippen LogP contribution in [0.15, 0.2) is 24.3 Å². The molecule has 0 unspecified atom stereocenters. The van der Waals surface area contributed by atoms with E-state index < -0.39 is 0 Å². The maximum atomic E-state index is 12.9. The van der Waals surface area contributed by atoms with Gasteiger partial charge in [0.1, 0.15) is 21.9 Å². The Morgan fingerprint density at radius 2 is 1.65 bits per heavy atom. The monoisotopic (exact) mass is 290 g/mol. The van der Waals surface area contributed by atoms with Crippen molar-refractivity contribution in [3.63, 3.8) is 0 Å². The molecule has 0 aliphatic heterocycles. The van der Waals surface area contributed by atoms with Crippen molar-refractivity contribution >= 4 is 34.8 Å². The lowest BCUT2D eigenvalue weighted by molar-refractivity contribution is 0.627. The van der Waals surface area contributed by atoms with Crippen LogP contribution < -0.4 is 0 Å². The molecule has 0 N–H and O–H groups in total. The first-order valence-corrected chi connectivity index (χ1v) is 5.81. The molecule has 2 aromatic rings. The van der Waals surface area contributed by atoms with Crippen molar-refractivity contribution in [2.45, 2.75) is 6.42 Å². The van der Waals surface area contributed by atoms with Gasteiger partial charge in [-0.2, -0.15) is 0 Å². The predicted octanol–water partition coefficient (Wildman–Crippen LogP) is 4.17. The number of aromatic nitrogens is 2. The number of nitrogens with zero attached hydrogens (tertiary/aromatic N) is 2. The molecule has 2 nitrogen and oxygen atoms in total. The standard InChI is InChI=1S/C11H6Cl3FN2/c12-8-4-7(15)2-1-6(8)3-11-16-9(13)5-10(14)17-11/h1-2,4-5H,3H2. The van der Waals surface area contributed by atoms with Gasteiger partial charge >= 0.3 is 0 Å². The Bertz CT molecular complexity index is 540. The van der Waals surface area contributed by atoms with E-state index in [4.69, 9.17) is 34.8 Å². The molecule has 0 amide bonds. The van der Waals surface area contributed by atoms with E-state index in [2.05, 4.69) is 9.97 Å². The largest absolute Gasteiger partial charge is 0.221 e. The maximum absolute atomic E-state index is 12.9. The van der Waals surface area contributed by atoms with Crippen LogP contribution in [0.4, 0.5) is 4.39 Å². The lowest BCUT2D eigenvalue weighted by Gasteiger charge is -2.04. The van der Waals surface area contributed by atoms with Crippen LogP contribution in [0.2, 0.25) is 15.3 Å². The van der Waals surface area contributed by atoms with E-state index in [0.29, 0.717) is 22.8 Å². The first kappa shape index (κ1) is 12.6. The topological polar surface area (TPSA) is 25.8 Å². The fourth-order valence-corrected chi connectivity index (χ4v) is 2.04. The third-order valence-corrected chi connectivity index (χ3v) is 2.81. The number of hydrogen-bond acceptors (Lipinski definition) is 2. The molecule has 0 aliphatic rings. The highest BCUT2D eigenvalue weighted by molar-refractivity contribution is 6.33. The summed E-state index contributed by atoms with van der Waals surface area (Å²) in [5, 5.41) is 0.848. The molecule has 0 spiro atoms. The molecule has 0 bridgehead atoms. The van der Waals surface area contributed by atoms with Gasteiger partial charge in [0.15, 0.2) is 0 Å². The van der Waals surface area contributed by atoms with E-state index >= 15 is 0 Å². The zero-order valence-electron chi connectivity index (χ0n) is 8.42. The second-order valence-electron chi connectivity index (χ2n) is 3.34. The fourth-order valence-electron chi connectivity index (χ4n) is 1.35. The average molecular weight is 292 g/mol. The number of hydrogen-bond donors (Lipinski definition) is 0. The molecule has 0 fully saturated rings. The number of halogens is 4. The van der Waals surface area contributed by atoms with Crippen molar-refractivity contribution in [3.05, 3.63) is 56.8 Å². The Morgan fingerprint density at radius 1 is 1.00 bits per heavy atom. The van der Waals surface area contributed by atoms with Gasteiger partial charge in [0, 0.05) is 17.5 Å². The Morgan fingerprint density at radius 3 is 2.24 bits per heavy atom. The summed E-state index contributed by atoms with van der Waals surface area (Å²) in [5.41, 5.74) is 0.714. The summed E-state index contributed by atoms with van der Waals surface area (Å²) in [6.07, 6.45) is 0.347.